The monoisotopic (exact) mass is 349 g/mol. The molecule has 6 nitrogen and oxygen atoms in total. The van der Waals surface area contributed by atoms with E-state index in [1.165, 1.54) is 11.8 Å². The largest absolute Gasteiger partial charge is 0.488 e. The highest BCUT2D eigenvalue weighted by molar-refractivity contribution is 5.79. The fourth-order valence-corrected chi connectivity index (χ4v) is 3.23. The van der Waals surface area contributed by atoms with Crippen molar-refractivity contribution in [2.24, 2.45) is 0 Å². The van der Waals surface area contributed by atoms with Crippen LogP contribution in [0.4, 0.5) is 0 Å². The molecule has 2 heterocycles. The molecule has 0 spiro atoms. The molecule has 0 aliphatic carbocycles. The van der Waals surface area contributed by atoms with Crippen molar-refractivity contribution in [2.75, 3.05) is 6.54 Å². The van der Waals surface area contributed by atoms with Gasteiger partial charge >= 0.3 is 0 Å². The number of carbonyl (C=O) groups is 1. The Hall–Kier alpha value is -3.15. The van der Waals surface area contributed by atoms with Gasteiger partial charge in [0, 0.05) is 18.2 Å². The first-order valence-electron chi connectivity index (χ1n) is 8.67. The number of nitrogens with one attached hydrogen (secondary N) is 1. The van der Waals surface area contributed by atoms with Crippen LogP contribution in [0.15, 0.2) is 59.5 Å². The molecule has 0 radical (unpaired) electrons. The van der Waals surface area contributed by atoms with Gasteiger partial charge in [0.1, 0.15) is 11.9 Å². The molecule has 6 heteroatoms. The number of rotatable bonds is 5. The number of para-hydroxylation sites is 2. The third kappa shape index (κ3) is 3.31. The molecule has 26 heavy (non-hydrogen) atoms. The number of benzene rings is 2. The maximum atomic E-state index is 12.2. The summed E-state index contributed by atoms with van der Waals surface area (Å²) in [7, 11) is 0. The van der Waals surface area contributed by atoms with E-state index in [1.807, 2.05) is 42.5 Å². The van der Waals surface area contributed by atoms with Gasteiger partial charge in [-0.15, -0.1) is 0 Å². The standard InChI is InChI=1S/C20H19N3O3/c24-18-13-22-23(17-7-3-2-6-16(17)18)10-9-20(25)21-12-15-11-14-5-1-4-8-19(14)26-15/h1-8,13,15H,9-12H2,(H,21,25)/t15-/m0/s1. The Labute approximate surface area is 150 Å². The first-order chi connectivity index (χ1) is 12.7. The lowest BCUT2D eigenvalue weighted by Gasteiger charge is -2.13. The van der Waals surface area contributed by atoms with Crippen LogP contribution in [0.1, 0.15) is 12.0 Å². The van der Waals surface area contributed by atoms with E-state index in [2.05, 4.69) is 10.4 Å². The molecule has 1 aliphatic rings. The van der Waals surface area contributed by atoms with Crippen molar-refractivity contribution in [1.82, 2.24) is 15.1 Å². The smallest absolute Gasteiger partial charge is 0.221 e. The first-order valence-corrected chi connectivity index (χ1v) is 8.67. The molecule has 0 bridgehead atoms. The predicted molar refractivity (Wildman–Crippen MR) is 98.2 cm³/mol. The number of ether oxygens (including phenoxy) is 1. The number of hydrogen-bond acceptors (Lipinski definition) is 4. The van der Waals surface area contributed by atoms with Crippen molar-refractivity contribution >= 4 is 16.8 Å². The Bertz CT molecular complexity index is 987. The van der Waals surface area contributed by atoms with Gasteiger partial charge in [-0.2, -0.15) is 5.10 Å². The molecular weight excluding hydrogens is 330 g/mol. The van der Waals surface area contributed by atoms with Crippen molar-refractivity contribution in [3.63, 3.8) is 0 Å². The molecule has 1 N–H and O–H groups in total. The fourth-order valence-electron chi connectivity index (χ4n) is 3.23. The summed E-state index contributed by atoms with van der Waals surface area (Å²) in [6.07, 6.45) is 2.37. The Morgan fingerprint density at radius 3 is 2.88 bits per heavy atom. The molecule has 3 aromatic rings. The molecule has 2 aromatic carbocycles. The minimum absolute atomic E-state index is 0.0253. The zero-order valence-corrected chi connectivity index (χ0v) is 14.2. The summed E-state index contributed by atoms with van der Waals surface area (Å²) in [5.74, 6) is 0.838. The zero-order valence-electron chi connectivity index (χ0n) is 14.2. The molecule has 1 atom stereocenters. The van der Waals surface area contributed by atoms with Crippen molar-refractivity contribution in [3.05, 3.63) is 70.5 Å². The summed E-state index contributed by atoms with van der Waals surface area (Å²) in [6, 6.07) is 15.2. The number of fused-ring (bicyclic) bond motifs is 2. The van der Waals surface area contributed by atoms with Gasteiger partial charge in [-0.1, -0.05) is 30.3 Å². The molecule has 132 valence electrons. The number of aromatic nitrogens is 2. The minimum atomic E-state index is -0.112. The van der Waals surface area contributed by atoms with Gasteiger partial charge < -0.3 is 10.1 Å². The van der Waals surface area contributed by atoms with Crippen LogP contribution in [-0.4, -0.2) is 28.3 Å². The summed E-state index contributed by atoms with van der Waals surface area (Å²) in [5.41, 5.74) is 1.80. The lowest BCUT2D eigenvalue weighted by molar-refractivity contribution is -0.121. The summed E-state index contributed by atoms with van der Waals surface area (Å²) in [5, 5.41) is 7.68. The fraction of sp³-hybridized carbons (Fsp3) is 0.250. The van der Waals surface area contributed by atoms with Crippen LogP contribution in [0.5, 0.6) is 5.75 Å². The maximum absolute atomic E-state index is 12.2. The van der Waals surface area contributed by atoms with Crippen LogP contribution in [0.25, 0.3) is 10.9 Å². The molecule has 0 saturated heterocycles. The first kappa shape index (κ1) is 16.3. The Morgan fingerprint density at radius 2 is 2.00 bits per heavy atom. The summed E-state index contributed by atoms with van der Waals surface area (Å²) in [6.45, 7) is 0.893. The SMILES string of the molecule is O=C(CCn1ncc(=O)c2ccccc21)NC[C@@H]1Cc2ccccc2O1. The van der Waals surface area contributed by atoms with E-state index in [-0.39, 0.29) is 17.4 Å². The normalized spacial score (nSPS) is 15.5. The van der Waals surface area contributed by atoms with Crippen LogP contribution in [0.3, 0.4) is 0 Å². The van der Waals surface area contributed by atoms with Gasteiger partial charge in [0.05, 0.1) is 24.8 Å². The lowest BCUT2D eigenvalue weighted by Crippen LogP contribution is -2.35. The highest BCUT2D eigenvalue weighted by atomic mass is 16.5. The van der Waals surface area contributed by atoms with Gasteiger partial charge in [-0.3, -0.25) is 14.3 Å². The van der Waals surface area contributed by atoms with E-state index in [1.54, 1.807) is 10.7 Å². The van der Waals surface area contributed by atoms with Gasteiger partial charge in [0.2, 0.25) is 11.3 Å². The van der Waals surface area contributed by atoms with E-state index in [9.17, 15) is 9.59 Å². The number of amides is 1. The van der Waals surface area contributed by atoms with Crippen LogP contribution >= 0.6 is 0 Å². The van der Waals surface area contributed by atoms with Crippen LogP contribution in [0, 0.1) is 0 Å². The van der Waals surface area contributed by atoms with Crippen LogP contribution in [0.2, 0.25) is 0 Å². The number of carbonyl (C=O) groups excluding carboxylic acids is 1. The van der Waals surface area contributed by atoms with Gasteiger partial charge in [0.15, 0.2) is 0 Å². The molecule has 0 unspecified atom stereocenters. The van der Waals surface area contributed by atoms with E-state index in [0.29, 0.717) is 24.9 Å². The van der Waals surface area contributed by atoms with Gasteiger partial charge in [0.25, 0.3) is 0 Å². The highest BCUT2D eigenvalue weighted by Crippen LogP contribution is 2.27. The highest BCUT2D eigenvalue weighted by Gasteiger charge is 2.22. The van der Waals surface area contributed by atoms with Crippen LogP contribution in [-0.2, 0) is 17.8 Å². The Morgan fingerprint density at radius 1 is 1.19 bits per heavy atom. The Balaban J connectivity index is 1.33. The molecule has 0 saturated carbocycles. The number of aryl methyl sites for hydroxylation is 1. The number of hydrogen-bond donors (Lipinski definition) is 1. The molecular formula is C20H19N3O3. The van der Waals surface area contributed by atoms with Gasteiger partial charge in [-0.05, 0) is 23.8 Å². The molecule has 1 aromatic heterocycles. The van der Waals surface area contributed by atoms with E-state index in [0.717, 1.165) is 17.7 Å². The second-order valence-electron chi connectivity index (χ2n) is 6.35. The van der Waals surface area contributed by atoms with Crippen LogP contribution < -0.4 is 15.5 Å². The van der Waals surface area contributed by atoms with Crippen molar-refractivity contribution < 1.29 is 9.53 Å². The zero-order chi connectivity index (χ0) is 17.9. The predicted octanol–water partition coefficient (Wildman–Crippen LogP) is 1.91. The van der Waals surface area contributed by atoms with E-state index < -0.39 is 0 Å². The second-order valence-corrected chi connectivity index (χ2v) is 6.35. The molecule has 0 fully saturated rings. The maximum Gasteiger partial charge on any atom is 0.221 e. The lowest BCUT2D eigenvalue weighted by atomic mass is 10.1. The van der Waals surface area contributed by atoms with Gasteiger partial charge in [-0.25, -0.2) is 0 Å². The summed E-state index contributed by atoms with van der Waals surface area (Å²) >= 11 is 0. The van der Waals surface area contributed by atoms with E-state index >= 15 is 0 Å². The molecule has 1 amide bonds. The average Bonchev–Trinajstić information content (AvgIpc) is 3.09. The van der Waals surface area contributed by atoms with Crippen molar-refractivity contribution in [3.8, 4) is 5.75 Å². The third-order valence-electron chi connectivity index (χ3n) is 4.55. The van der Waals surface area contributed by atoms with Crippen molar-refractivity contribution in [1.29, 1.82) is 0 Å². The van der Waals surface area contributed by atoms with Crippen molar-refractivity contribution in [2.45, 2.75) is 25.5 Å². The van der Waals surface area contributed by atoms with E-state index in [4.69, 9.17) is 4.74 Å². The third-order valence-corrected chi connectivity index (χ3v) is 4.55. The minimum Gasteiger partial charge on any atom is -0.488 e. The number of nitrogens with zero attached hydrogens (tertiary/aromatic N) is 2. The quantitative estimate of drug-likeness (QED) is 0.764. The Kier molecular flexibility index (Phi) is 4.39. The summed E-state index contributed by atoms with van der Waals surface area (Å²) < 4.78 is 7.52. The average molecular weight is 349 g/mol. The molecule has 1 aliphatic heterocycles. The molecule has 4 rings (SSSR count). The summed E-state index contributed by atoms with van der Waals surface area (Å²) in [4.78, 5) is 24.0. The topological polar surface area (TPSA) is 73.2 Å². The second kappa shape index (κ2) is 7.00.